The molecule has 3 atom stereocenters. The number of esters is 2. The summed E-state index contributed by atoms with van der Waals surface area (Å²) in [5.41, 5.74) is -0.0718. The van der Waals surface area contributed by atoms with Crippen molar-refractivity contribution >= 4 is 40.8 Å². The van der Waals surface area contributed by atoms with Gasteiger partial charge in [-0.2, -0.15) is 0 Å². The lowest BCUT2D eigenvalue weighted by molar-refractivity contribution is -0.146. The predicted octanol–water partition coefficient (Wildman–Crippen LogP) is 2.32. The van der Waals surface area contributed by atoms with E-state index in [-0.39, 0.29) is 37.4 Å². The number of nitrogens with one attached hydrogen (secondary N) is 2. The van der Waals surface area contributed by atoms with Gasteiger partial charge in [-0.3, -0.25) is 9.59 Å². The monoisotopic (exact) mass is 450 g/mol. The molecular weight excluding hydrogens is 427 g/mol. The van der Waals surface area contributed by atoms with E-state index in [2.05, 4.69) is 23.8 Å². The number of rotatable bonds is 10. The first-order valence-corrected chi connectivity index (χ1v) is 9.81. The maximum atomic E-state index is 13.7. The zero-order valence-electron chi connectivity index (χ0n) is 16.6. The molecule has 166 valence electrons. The molecule has 1 heterocycles. The van der Waals surface area contributed by atoms with Crippen molar-refractivity contribution < 1.29 is 33.4 Å². The maximum Gasteiger partial charge on any atom is 0.340 e. The van der Waals surface area contributed by atoms with Crippen LogP contribution in [0.15, 0.2) is 43.5 Å². The highest BCUT2D eigenvalue weighted by atomic mass is 32.1. The number of benzene rings is 1. The van der Waals surface area contributed by atoms with Crippen LogP contribution in [0.3, 0.4) is 0 Å². The minimum Gasteiger partial charge on any atom is -0.501 e. The first-order valence-electron chi connectivity index (χ1n) is 9.40. The molecule has 1 amide bonds. The fourth-order valence-electron chi connectivity index (χ4n) is 3.17. The van der Waals surface area contributed by atoms with E-state index < -0.39 is 46.6 Å². The molecule has 31 heavy (non-hydrogen) atoms. The number of carbonyl (C=O) groups excluding carboxylic acids is 3. The molecule has 0 bridgehead atoms. The van der Waals surface area contributed by atoms with Gasteiger partial charge in [0.1, 0.15) is 24.9 Å². The Morgan fingerprint density at radius 1 is 1.29 bits per heavy atom. The number of hydrogen-bond acceptors (Lipinski definition) is 7. The first-order chi connectivity index (χ1) is 14.8. The Bertz CT molecular complexity index is 891. The van der Waals surface area contributed by atoms with Crippen LogP contribution < -0.4 is 10.6 Å². The topological polar surface area (TPSA) is 114 Å². The van der Waals surface area contributed by atoms with Crippen LogP contribution in [0.1, 0.15) is 16.8 Å². The molecule has 1 aromatic carbocycles. The number of carbonyl (C=O) groups is 3. The summed E-state index contributed by atoms with van der Waals surface area (Å²) >= 11 is 4.78. The van der Waals surface area contributed by atoms with Crippen LogP contribution in [0.4, 0.5) is 10.1 Å². The van der Waals surface area contributed by atoms with Gasteiger partial charge < -0.3 is 25.2 Å². The molecular formula is C21H23FN2O6S. The van der Waals surface area contributed by atoms with Crippen molar-refractivity contribution in [3.8, 4) is 0 Å². The Morgan fingerprint density at radius 3 is 2.61 bits per heavy atom. The normalized spacial score (nSPS) is 18.5. The molecule has 8 nitrogen and oxygen atoms in total. The SMILES string of the molecule is C=CCOC(=O)c1ccc(F)cc1NC(=O)C1C[C@@H]([C@@H](C(=O)OCC=C)C(O)=S)CN1. The molecule has 2 rings (SSSR count). The first kappa shape index (κ1) is 24.2. The molecule has 1 fully saturated rings. The van der Waals surface area contributed by atoms with Crippen molar-refractivity contribution in [2.24, 2.45) is 11.8 Å². The average molecular weight is 450 g/mol. The van der Waals surface area contributed by atoms with E-state index in [0.717, 1.165) is 12.1 Å². The van der Waals surface area contributed by atoms with Gasteiger partial charge in [-0.25, -0.2) is 9.18 Å². The van der Waals surface area contributed by atoms with Crippen LogP contribution in [0.2, 0.25) is 0 Å². The second kappa shape index (κ2) is 11.3. The molecule has 1 aliphatic heterocycles. The number of thiocarbonyl (C=S) groups is 1. The van der Waals surface area contributed by atoms with E-state index in [9.17, 15) is 23.9 Å². The van der Waals surface area contributed by atoms with Gasteiger partial charge >= 0.3 is 11.9 Å². The molecule has 1 unspecified atom stereocenters. The van der Waals surface area contributed by atoms with E-state index in [4.69, 9.17) is 21.7 Å². The molecule has 0 aromatic heterocycles. The van der Waals surface area contributed by atoms with Crippen molar-refractivity contribution in [2.75, 3.05) is 25.1 Å². The Balaban J connectivity index is 2.10. The number of amides is 1. The highest BCUT2D eigenvalue weighted by Crippen LogP contribution is 2.26. The minimum atomic E-state index is -1.08. The van der Waals surface area contributed by atoms with E-state index >= 15 is 0 Å². The Labute approximate surface area is 184 Å². The predicted molar refractivity (Wildman–Crippen MR) is 115 cm³/mol. The smallest absolute Gasteiger partial charge is 0.340 e. The molecule has 0 radical (unpaired) electrons. The lowest BCUT2D eigenvalue weighted by Crippen LogP contribution is -2.36. The van der Waals surface area contributed by atoms with Crippen LogP contribution >= 0.6 is 12.2 Å². The molecule has 1 aromatic rings. The zero-order chi connectivity index (χ0) is 23.0. The number of aliphatic hydroxyl groups is 1. The van der Waals surface area contributed by atoms with Crippen molar-refractivity contribution in [3.63, 3.8) is 0 Å². The van der Waals surface area contributed by atoms with Crippen molar-refractivity contribution in [3.05, 3.63) is 54.9 Å². The van der Waals surface area contributed by atoms with Crippen LogP contribution in [-0.4, -0.2) is 53.8 Å². The second-order valence-electron chi connectivity index (χ2n) is 6.76. The van der Waals surface area contributed by atoms with Crippen LogP contribution in [-0.2, 0) is 19.1 Å². The summed E-state index contributed by atoms with van der Waals surface area (Å²) < 4.78 is 23.6. The fourth-order valence-corrected chi connectivity index (χ4v) is 3.46. The lowest BCUT2D eigenvalue weighted by atomic mass is 9.90. The highest BCUT2D eigenvalue weighted by molar-refractivity contribution is 7.80. The number of ether oxygens (including phenoxy) is 2. The van der Waals surface area contributed by atoms with Gasteiger partial charge in [0.25, 0.3) is 0 Å². The van der Waals surface area contributed by atoms with Crippen molar-refractivity contribution in [2.45, 2.75) is 12.5 Å². The summed E-state index contributed by atoms with van der Waals surface area (Å²) in [4.78, 5) is 37.1. The largest absolute Gasteiger partial charge is 0.501 e. The number of aliphatic hydroxyl groups excluding tert-OH is 1. The van der Waals surface area contributed by atoms with E-state index in [1.165, 1.54) is 18.2 Å². The van der Waals surface area contributed by atoms with Gasteiger partial charge in [0.15, 0.2) is 5.05 Å². The number of hydrogen-bond donors (Lipinski definition) is 3. The molecule has 0 spiro atoms. The minimum absolute atomic E-state index is 0.0198. The zero-order valence-corrected chi connectivity index (χ0v) is 17.5. The summed E-state index contributed by atoms with van der Waals surface area (Å²) in [7, 11) is 0. The standard InChI is InChI=1S/C21H23FN2O6S/c1-3-7-29-19(26)14-6-5-13(22)10-15(14)24-18(25)16-9-12(11-23-16)17(21(28)31)20(27)30-8-4-2/h3-6,10,12,16-17,23H,1-2,7-9,11H2,(H,24,25)(H,28,31)/t12-,16?,17+/m1/s1. The average Bonchev–Trinajstić information content (AvgIpc) is 3.20. The van der Waals surface area contributed by atoms with E-state index in [1.54, 1.807) is 0 Å². The molecule has 1 saturated heterocycles. The Morgan fingerprint density at radius 2 is 1.97 bits per heavy atom. The summed E-state index contributed by atoms with van der Waals surface area (Å²) in [6.07, 6.45) is 2.92. The van der Waals surface area contributed by atoms with Gasteiger partial charge in [0, 0.05) is 6.54 Å². The van der Waals surface area contributed by atoms with Crippen LogP contribution in [0, 0.1) is 17.7 Å². The number of anilines is 1. The second-order valence-corrected chi connectivity index (χ2v) is 7.18. The summed E-state index contributed by atoms with van der Waals surface area (Å²) in [6, 6.07) is 2.52. The van der Waals surface area contributed by atoms with Crippen LogP contribution in [0.25, 0.3) is 0 Å². The van der Waals surface area contributed by atoms with Gasteiger partial charge in [-0.05, 0) is 42.8 Å². The van der Waals surface area contributed by atoms with E-state index in [1.807, 2.05) is 0 Å². The van der Waals surface area contributed by atoms with Gasteiger partial charge in [-0.15, -0.1) is 0 Å². The highest BCUT2D eigenvalue weighted by Gasteiger charge is 2.40. The Kier molecular flexibility index (Phi) is 8.83. The molecule has 3 N–H and O–H groups in total. The molecule has 10 heteroatoms. The third-order valence-corrected chi connectivity index (χ3v) is 4.86. The molecule has 0 aliphatic carbocycles. The van der Waals surface area contributed by atoms with Crippen LogP contribution in [0.5, 0.6) is 0 Å². The van der Waals surface area contributed by atoms with Gasteiger partial charge in [0.05, 0.1) is 17.3 Å². The third kappa shape index (κ3) is 6.43. The summed E-state index contributed by atoms with van der Waals surface area (Å²) in [5, 5.41) is 14.7. The fraction of sp³-hybridized carbons (Fsp3) is 0.333. The van der Waals surface area contributed by atoms with E-state index in [0.29, 0.717) is 0 Å². The lowest BCUT2D eigenvalue weighted by Gasteiger charge is -2.19. The molecule has 0 saturated carbocycles. The molecule has 1 aliphatic rings. The number of halogens is 1. The maximum absolute atomic E-state index is 13.7. The third-order valence-electron chi connectivity index (χ3n) is 4.61. The Hall–Kier alpha value is -3.11. The van der Waals surface area contributed by atoms with Crippen molar-refractivity contribution in [1.82, 2.24) is 5.32 Å². The van der Waals surface area contributed by atoms with Crippen molar-refractivity contribution in [1.29, 1.82) is 0 Å². The summed E-state index contributed by atoms with van der Waals surface area (Å²) in [5.74, 6) is -4.23. The van der Waals surface area contributed by atoms with Gasteiger partial charge in [0.2, 0.25) is 5.91 Å². The quantitative estimate of drug-likeness (QED) is 0.283. The summed E-state index contributed by atoms with van der Waals surface area (Å²) in [6.45, 7) is 7.03. The van der Waals surface area contributed by atoms with Gasteiger partial charge in [-0.1, -0.05) is 25.3 Å².